The summed E-state index contributed by atoms with van der Waals surface area (Å²) in [4.78, 5) is 32.1. The number of amides is 1. The van der Waals surface area contributed by atoms with Crippen molar-refractivity contribution in [1.29, 1.82) is 0 Å². The van der Waals surface area contributed by atoms with Gasteiger partial charge in [0.15, 0.2) is 5.82 Å². The summed E-state index contributed by atoms with van der Waals surface area (Å²) in [5.41, 5.74) is 6.55. The Hall–Kier alpha value is -2.45. The van der Waals surface area contributed by atoms with Crippen LogP contribution in [0, 0.1) is 0 Å². The van der Waals surface area contributed by atoms with Crippen LogP contribution in [0.25, 0.3) is 11.0 Å². The first-order chi connectivity index (χ1) is 15.6. The third kappa shape index (κ3) is 4.96. The standard InChI is InChI=1S/C24H35N5O3/c25-22(31)20(16-30)27-23-24(32)29(21-11-7-6-10-19(21)26-23)18-12-14-28(15-13-18)17-8-4-2-1-3-5-9-17/h6-7,10-11,17-18,20,30H,1-5,8-9,12-16H2,(H2,25,31)(H,26,27). The average molecular weight is 442 g/mol. The highest BCUT2D eigenvalue weighted by molar-refractivity contribution is 5.83. The van der Waals surface area contributed by atoms with Crippen molar-refractivity contribution < 1.29 is 9.90 Å². The average Bonchev–Trinajstić information content (AvgIpc) is 2.77. The molecule has 1 saturated carbocycles. The zero-order chi connectivity index (χ0) is 22.5. The lowest BCUT2D eigenvalue weighted by atomic mass is 9.93. The van der Waals surface area contributed by atoms with Crippen LogP contribution in [0.2, 0.25) is 0 Å². The molecule has 1 aliphatic heterocycles. The molecule has 0 spiro atoms. The third-order valence-electron chi connectivity index (χ3n) is 7.09. The predicted molar refractivity (Wildman–Crippen MR) is 126 cm³/mol. The van der Waals surface area contributed by atoms with Crippen LogP contribution in [-0.4, -0.2) is 57.2 Å². The lowest BCUT2D eigenvalue weighted by Gasteiger charge is -2.39. The fourth-order valence-electron chi connectivity index (χ4n) is 5.29. The molecule has 2 fully saturated rings. The molecule has 0 radical (unpaired) electrons. The minimum atomic E-state index is -1.05. The summed E-state index contributed by atoms with van der Waals surface area (Å²) in [7, 11) is 0. The molecule has 1 unspecified atom stereocenters. The van der Waals surface area contributed by atoms with Crippen LogP contribution in [-0.2, 0) is 4.79 Å². The van der Waals surface area contributed by atoms with E-state index in [2.05, 4.69) is 15.2 Å². The van der Waals surface area contributed by atoms with Gasteiger partial charge in [0.05, 0.1) is 17.6 Å². The summed E-state index contributed by atoms with van der Waals surface area (Å²) in [5, 5.41) is 12.2. The first-order valence-corrected chi connectivity index (χ1v) is 12.0. The van der Waals surface area contributed by atoms with Crippen LogP contribution in [0.5, 0.6) is 0 Å². The van der Waals surface area contributed by atoms with E-state index in [9.17, 15) is 14.7 Å². The van der Waals surface area contributed by atoms with E-state index in [1.807, 2.05) is 28.8 Å². The number of nitrogens with zero attached hydrogens (tertiary/aromatic N) is 3. The van der Waals surface area contributed by atoms with Crippen LogP contribution < -0.4 is 16.6 Å². The Kier molecular flexibility index (Phi) is 7.42. The molecule has 2 aromatic rings. The minimum absolute atomic E-state index is 0.0593. The van der Waals surface area contributed by atoms with E-state index in [4.69, 9.17) is 5.73 Å². The Labute approximate surface area is 188 Å². The smallest absolute Gasteiger partial charge is 0.294 e. The van der Waals surface area contributed by atoms with Crippen LogP contribution in [0.4, 0.5) is 5.82 Å². The van der Waals surface area contributed by atoms with Crippen molar-refractivity contribution >= 4 is 22.8 Å². The molecule has 1 atom stereocenters. The molecule has 4 N–H and O–H groups in total. The number of hydrogen-bond acceptors (Lipinski definition) is 6. The molecule has 174 valence electrons. The van der Waals surface area contributed by atoms with E-state index in [1.165, 1.54) is 44.9 Å². The predicted octanol–water partition coefficient (Wildman–Crippen LogP) is 2.40. The van der Waals surface area contributed by atoms with Crippen molar-refractivity contribution in [2.24, 2.45) is 5.73 Å². The number of piperidine rings is 1. The van der Waals surface area contributed by atoms with Gasteiger partial charge < -0.3 is 25.6 Å². The van der Waals surface area contributed by atoms with Gasteiger partial charge in [-0.05, 0) is 37.8 Å². The summed E-state index contributed by atoms with van der Waals surface area (Å²) in [6.45, 7) is 1.48. The Bertz CT molecular complexity index is 975. The number of aliphatic hydroxyl groups is 1. The van der Waals surface area contributed by atoms with Crippen LogP contribution in [0.1, 0.15) is 63.8 Å². The zero-order valence-corrected chi connectivity index (χ0v) is 18.7. The Morgan fingerprint density at radius 1 is 1.06 bits per heavy atom. The first kappa shape index (κ1) is 22.7. The van der Waals surface area contributed by atoms with Crippen molar-refractivity contribution in [2.75, 3.05) is 25.0 Å². The summed E-state index contributed by atoms with van der Waals surface area (Å²) >= 11 is 0. The number of benzene rings is 1. The van der Waals surface area contributed by atoms with E-state index in [-0.39, 0.29) is 17.4 Å². The quantitative estimate of drug-likeness (QED) is 0.634. The number of carbonyl (C=O) groups excluding carboxylic acids is 1. The monoisotopic (exact) mass is 441 g/mol. The topological polar surface area (TPSA) is 113 Å². The fourth-order valence-corrected chi connectivity index (χ4v) is 5.29. The number of carbonyl (C=O) groups is 1. The summed E-state index contributed by atoms with van der Waals surface area (Å²) in [6, 6.07) is 7.26. The molecule has 1 saturated heterocycles. The number of primary amides is 1. The van der Waals surface area contributed by atoms with E-state index in [0.717, 1.165) is 31.4 Å². The normalized spacial score (nSPS) is 20.5. The number of nitrogens with two attached hydrogens (primary N) is 1. The Morgan fingerprint density at radius 2 is 1.72 bits per heavy atom. The van der Waals surface area contributed by atoms with E-state index < -0.39 is 18.6 Å². The minimum Gasteiger partial charge on any atom is -0.394 e. The summed E-state index contributed by atoms with van der Waals surface area (Å²) in [6.07, 6.45) is 11.1. The highest BCUT2D eigenvalue weighted by Gasteiger charge is 2.28. The largest absolute Gasteiger partial charge is 0.394 e. The van der Waals surface area contributed by atoms with Gasteiger partial charge in [-0.15, -0.1) is 0 Å². The number of rotatable bonds is 6. The van der Waals surface area contributed by atoms with Gasteiger partial charge in [-0.25, -0.2) is 4.98 Å². The van der Waals surface area contributed by atoms with Crippen molar-refractivity contribution in [1.82, 2.24) is 14.5 Å². The first-order valence-electron chi connectivity index (χ1n) is 12.0. The second-order valence-electron chi connectivity index (χ2n) is 9.17. The number of aromatic nitrogens is 2. The number of para-hydroxylation sites is 2. The van der Waals surface area contributed by atoms with Crippen molar-refractivity contribution in [3.63, 3.8) is 0 Å². The van der Waals surface area contributed by atoms with Gasteiger partial charge in [-0.2, -0.15) is 0 Å². The van der Waals surface area contributed by atoms with E-state index in [0.29, 0.717) is 11.6 Å². The number of likely N-dealkylation sites (tertiary alicyclic amines) is 1. The number of nitrogens with one attached hydrogen (secondary N) is 1. The third-order valence-corrected chi connectivity index (χ3v) is 7.09. The van der Waals surface area contributed by atoms with Gasteiger partial charge in [0.1, 0.15) is 6.04 Å². The molecule has 2 heterocycles. The zero-order valence-electron chi connectivity index (χ0n) is 18.7. The van der Waals surface area contributed by atoms with Gasteiger partial charge in [0.2, 0.25) is 5.91 Å². The number of aliphatic hydroxyl groups excluding tert-OH is 1. The van der Waals surface area contributed by atoms with Crippen LogP contribution >= 0.6 is 0 Å². The van der Waals surface area contributed by atoms with E-state index in [1.54, 1.807) is 0 Å². The number of fused-ring (bicyclic) bond motifs is 1. The van der Waals surface area contributed by atoms with Crippen molar-refractivity contribution in [2.45, 2.75) is 75.9 Å². The molecule has 1 amide bonds. The summed E-state index contributed by atoms with van der Waals surface area (Å²) in [5.74, 6) is -0.662. The van der Waals surface area contributed by atoms with Crippen LogP contribution in [0.15, 0.2) is 29.1 Å². The lowest BCUT2D eigenvalue weighted by molar-refractivity contribution is -0.119. The molecule has 4 rings (SSSR count). The molecule has 1 aromatic carbocycles. The highest BCUT2D eigenvalue weighted by atomic mass is 16.3. The van der Waals surface area contributed by atoms with Crippen molar-refractivity contribution in [3.05, 3.63) is 34.6 Å². The Balaban J connectivity index is 1.58. The maximum Gasteiger partial charge on any atom is 0.294 e. The van der Waals surface area contributed by atoms with Gasteiger partial charge in [0.25, 0.3) is 5.56 Å². The van der Waals surface area contributed by atoms with Gasteiger partial charge in [-0.1, -0.05) is 44.2 Å². The molecule has 8 nitrogen and oxygen atoms in total. The molecule has 1 aromatic heterocycles. The van der Waals surface area contributed by atoms with Crippen LogP contribution in [0.3, 0.4) is 0 Å². The molecule has 1 aliphatic carbocycles. The second-order valence-corrected chi connectivity index (χ2v) is 9.17. The SMILES string of the molecule is NC(=O)C(CO)Nc1nc2ccccc2n(C2CCN(C3CCCCCCC3)CC2)c1=O. The van der Waals surface area contributed by atoms with Gasteiger partial charge in [0, 0.05) is 25.2 Å². The molecule has 0 bridgehead atoms. The highest BCUT2D eigenvalue weighted by Crippen LogP contribution is 2.29. The number of hydrogen-bond donors (Lipinski definition) is 3. The maximum absolute atomic E-state index is 13.4. The second kappa shape index (κ2) is 10.4. The fraction of sp³-hybridized carbons (Fsp3) is 0.625. The lowest BCUT2D eigenvalue weighted by Crippen LogP contribution is -2.44. The molecule has 8 heteroatoms. The maximum atomic E-state index is 13.4. The van der Waals surface area contributed by atoms with Gasteiger partial charge >= 0.3 is 0 Å². The molecule has 2 aliphatic rings. The molecule has 32 heavy (non-hydrogen) atoms. The number of anilines is 1. The van der Waals surface area contributed by atoms with Crippen molar-refractivity contribution in [3.8, 4) is 0 Å². The molecular formula is C24H35N5O3. The van der Waals surface area contributed by atoms with Gasteiger partial charge in [-0.3, -0.25) is 9.59 Å². The Morgan fingerprint density at radius 3 is 2.38 bits per heavy atom. The van der Waals surface area contributed by atoms with E-state index >= 15 is 0 Å². The molecular weight excluding hydrogens is 406 g/mol. The summed E-state index contributed by atoms with van der Waals surface area (Å²) < 4.78 is 1.83.